The van der Waals surface area contributed by atoms with Gasteiger partial charge in [-0.05, 0) is 31.7 Å². The van der Waals surface area contributed by atoms with E-state index in [2.05, 4.69) is 5.32 Å². The summed E-state index contributed by atoms with van der Waals surface area (Å²) in [6.45, 7) is 2.61. The highest BCUT2D eigenvalue weighted by Crippen LogP contribution is 2.29. The zero-order valence-corrected chi connectivity index (χ0v) is 13.9. The smallest absolute Gasteiger partial charge is 0.244 e. The molecule has 5 heteroatoms. The lowest BCUT2D eigenvalue weighted by Crippen LogP contribution is -2.50. The number of para-hydroxylation sites is 2. The summed E-state index contributed by atoms with van der Waals surface area (Å²) in [4.78, 5) is 28.4. The van der Waals surface area contributed by atoms with Crippen LogP contribution in [0.1, 0.15) is 12.5 Å². The third-order valence-electron chi connectivity index (χ3n) is 4.33. The molecule has 1 N–H and O–H groups in total. The first-order chi connectivity index (χ1) is 11.6. The van der Waals surface area contributed by atoms with Crippen molar-refractivity contribution in [1.82, 2.24) is 4.90 Å². The second-order valence-corrected chi connectivity index (χ2v) is 6.07. The SMILES string of the molecule is C[C@H](C(=O)N1CC(=O)Nc2ccccc21)N(C)Cc1ccccc1. The summed E-state index contributed by atoms with van der Waals surface area (Å²) in [5, 5.41) is 2.81. The van der Waals surface area contributed by atoms with Crippen molar-refractivity contribution in [2.75, 3.05) is 23.8 Å². The third-order valence-corrected chi connectivity index (χ3v) is 4.33. The Bertz CT molecular complexity index is 745. The van der Waals surface area contributed by atoms with E-state index < -0.39 is 0 Å². The molecule has 24 heavy (non-hydrogen) atoms. The quantitative estimate of drug-likeness (QED) is 0.940. The summed E-state index contributed by atoms with van der Waals surface area (Å²) in [6.07, 6.45) is 0. The highest BCUT2D eigenvalue weighted by atomic mass is 16.2. The molecule has 1 aliphatic rings. The number of carbonyl (C=O) groups excluding carboxylic acids is 2. The molecule has 0 aromatic heterocycles. The molecular formula is C19H21N3O2. The van der Waals surface area contributed by atoms with Crippen LogP contribution in [0.15, 0.2) is 54.6 Å². The molecular weight excluding hydrogens is 302 g/mol. The van der Waals surface area contributed by atoms with E-state index in [1.807, 2.05) is 73.5 Å². The Hall–Kier alpha value is -2.66. The predicted molar refractivity (Wildman–Crippen MR) is 94.8 cm³/mol. The Labute approximate surface area is 141 Å². The van der Waals surface area contributed by atoms with Gasteiger partial charge in [-0.15, -0.1) is 0 Å². The molecule has 5 nitrogen and oxygen atoms in total. The summed E-state index contributed by atoms with van der Waals surface area (Å²) in [5.74, 6) is -0.240. The van der Waals surface area contributed by atoms with Crippen molar-refractivity contribution in [1.29, 1.82) is 0 Å². The maximum absolute atomic E-state index is 12.9. The number of likely N-dealkylation sites (N-methyl/N-ethyl adjacent to an activating group) is 1. The highest BCUT2D eigenvalue weighted by molar-refractivity contribution is 6.11. The first kappa shape index (κ1) is 16.2. The zero-order valence-electron chi connectivity index (χ0n) is 13.9. The summed E-state index contributed by atoms with van der Waals surface area (Å²) in [5.41, 5.74) is 2.58. The normalized spacial score (nSPS) is 15.0. The topological polar surface area (TPSA) is 52.7 Å². The van der Waals surface area contributed by atoms with Crippen LogP contribution >= 0.6 is 0 Å². The molecule has 0 saturated heterocycles. The van der Waals surface area contributed by atoms with Crippen LogP contribution in [0, 0.1) is 0 Å². The fourth-order valence-corrected chi connectivity index (χ4v) is 2.85. The molecule has 0 radical (unpaired) electrons. The monoisotopic (exact) mass is 323 g/mol. The standard InChI is InChI=1S/C19H21N3O2/c1-14(21(2)12-15-8-4-3-5-9-15)19(24)22-13-18(23)20-16-10-6-7-11-17(16)22/h3-11,14H,12-13H2,1-2H3,(H,20,23)/t14-/m1/s1. The van der Waals surface area contributed by atoms with Crippen LogP contribution in [0.5, 0.6) is 0 Å². The van der Waals surface area contributed by atoms with Crippen molar-refractivity contribution in [3.8, 4) is 0 Å². The van der Waals surface area contributed by atoms with Crippen LogP contribution in [0.25, 0.3) is 0 Å². The van der Waals surface area contributed by atoms with E-state index in [1.165, 1.54) is 0 Å². The number of nitrogens with zero attached hydrogens (tertiary/aromatic N) is 2. The lowest BCUT2D eigenvalue weighted by molar-refractivity contribution is -0.125. The van der Waals surface area contributed by atoms with Gasteiger partial charge in [0.25, 0.3) is 0 Å². The van der Waals surface area contributed by atoms with Crippen LogP contribution in [-0.4, -0.2) is 36.3 Å². The predicted octanol–water partition coefficient (Wildman–Crippen LogP) is 2.49. The molecule has 0 bridgehead atoms. The first-order valence-electron chi connectivity index (χ1n) is 8.00. The maximum atomic E-state index is 12.9. The van der Waals surface area contributed by atoms with Crippen LogP contribution in [-0.2, 0) is 16.1 Å². The lowest BCUT2D eigenvalue weighted by atomic mass is 10.1. The molecule has 124 valence electrons. The second-order valence-electron chi connectivity index (χ2n) is 6.07. The molecule has 0 aliphatic carbocycles. The van der Waals surface area contributed by atoms with Gasteiger partial charge in [-0.1, -0.05) is 42.5 Å². The number of fused-ring (bicyclic) bond motifs is 1. The van der Waals surface area contributed by atoms with Crippen molar-refractivity contribution >= 4 is 23.2 Å². The first-order valence-corrected chi connectivity index (χ1v) is 8.00. The van der Waals surface area contributed by atoms with Crippen LogP contribution in [0.2, 0.25) is 0 Å². The van der Waals surface area contributed by atoms with E-state index >= 15 is 0 Å². The van der Waals surface area contributed by atoms with E-state index in [9.17, 15) is 9.59 Å². The van der Waals surface area contributed by atoms with Crippen LogP contribution in [0.4, 0.5) is 11.4 Å². The van der Waals surface area contributed by atoms with Gasteiger partial charge in [0.1, 0.15) is 6.54 Å². The minimum atomic E-state index is -0.329. The molecule has 2 aromatic carbocycles. The number of hydrogen-bond donors (Lipinski definition) is 1. The second kappa shape index (κ2) is 6.84. The number of hydrogen-bond acceptors (Lipinski definition) is 3. The Morgan fingerprint density at radius 1 is 1.17 bits per heavy atom. The van der Waals surface area contributed by atoms with Gasteiger partial charge in [0, 0.05) is 6.54 Å². The van der Waals surface area contributed by atoms with Gasteiger partial charge < -0.3 is 5.32 Å². The van der Waals surface area contributed by atoms with E-state index in [0.29, 0.717) is 12.2 Å². The van der Waals surface area contributed by atoms with Crippen molar-refractivity contribution in [3.63, 3.8) is 0 Å². The summed E-state index contributed by atoms with van der Waals surface area (Å²) in [7, 11) is 1.92. The van der Waals surface area contributed by atoms with Crippen molar-refractivity contribution < 1.29 is 9.59 Å². The minimum Gasteiger partial charge on any atom is -0.323 e. The fourth-order valence-electron chi connectivity index (χ4n) is 2.85. The molecule has 1 atom stereocenters. The van der Waals surface area contributed by atoms with E-state index in [-0.39, 0.29) is 24.4 Å². The van der Waals surface area contributed by atoms with Gasteiger partial charge in [0.2, 0.25) is 11.8 Å². The molecule has 0 saturated carbocycles. The largest absolute Gasteiger partial charge is 0.323 e. The van der Waals surface area contributed by atoms with Gasteiger partial charge in [0.15, 0.2) is 0 Å². The maximum Gasteiger partial charge on any atom is 0.244 e. The number of benzene rings is 2. The Morgan fingerprint density at radius 3 is 2.58 bits per heavy atom. The van der Waals surface area contributed by atoms with Gasteiger partial charge >= 0.3 is 0 Å². The number of amides is 2. The molecule has 1 heterocycles. The molecule has 3 rings (SSSR count). The van der Waals surface area contributed by atoms with Crippen LogP contribution in [0.3, 0.4) is 0 Å². The zero-order chi connectivity index (χ0) is 17.1. The number of nitrogens with one attached hydrogen (secondary N) is 1. The fraction of sp³-hybridized carbons (Fsp3) is 0.263. The highest BCUT2D eigenvalue weighted by Gasteiger charge is 2.31. The van der Waals surface area contributed by atoms with Gasteiger partial charge in [0.05, 0.1) is 17.4 Å². The molecule has 1 aliphatic heterocycles. The van der Waals surface area contributed by atoms with E-state index in [4.69, 9.17) is 0 Å². The molecule has 2 amide bonds. The van der Waals surface area contributed by atoms with Crippen LogP contribution < -0.4 is 10.2 Å². The van der Waals surface area contributed by atoms with E-state index in [0.717, 1.165) is 11.3 Å². The Kier molecular flexibility index (Phi) is 4.62. The molecule has 2 aromatic rings. The van der Waals surface area contributed by atoms with E-state index in [1.54, 1.807) is 4.90 Å². The van der Waals surface area contributed by atoms with Crippen molar-refractivity contribution in [3.05, 3.63) is 60.2 Å². The third kappa shape index (κ3) is 3.31. The molecule has 0 unspecified atom stereocenters. The molecule has 0 fully saturated rings. The number of carbonyl (C=O) groups is 2. The summed E-state index contributed by atoms with van der Waals surface area (Å²) in [6, 6.07) is 17.1. The number of anilines is 2. The Balaban J connectivity index is 1.77. The number of rotatable bonds is 4. The Morgan fingerprint density at radius 2 is 1.83 bits per heavy atom. The van der Waals surface area contributed by atoms with Crippen molar-refractivity contribution in [2.45, 2.75) is 19.5 Å². The minimum absolute atomic E-state index is 0.0549. The summed E-state index contributed by atoms with van der Waals surface area (Å²) < 4.78 is 0. The lowest BCUT2D eigenvalue weighted by Gasteiger charge is -2.33. The van der Waals surface area contributed by atoms with Gasteiger partial charge in [-0.2, -0.15) is 0 Å². The average molecular weight is 323 g/mol. The average Bonchev–Trinajstić information content (AvgIpc) is 2.60. The summed E-state index contributed by atoms with van der Waals surface area (Å²) >= 11 is 0. The van der Waals surface area contributed by atoms with Gasteiger partial charge in [-0.25, -0.2) is 0 Å². The molecule has 0 spiro atoms. The van der Waals surface area contributed by atoms with Crippen molar-refractivity contribution in [2.24, 2.45) is 0 Å². The van der Waals surface area contributed by atoms with Gasteiger partial charge in [-0.3, -0.25) is 19.4 Å².